The van der Waals surface area contributed by atoms with E-state index in [1.54, 1.807) is 0 Å². The summed E-state index contributed by atoms with van der Waals surface area (Å²) >= 11 is 0. The first-order valence-electron chi connectivity index (χ1n) is 8.94. The van der Waals surface area contributed by atoms with Gasteiger partial charge in [-0.15, -0.1) is 5.10 Å². The molecule has 134 valence electrons. The first kappa shape index (κ1) is 17.0. The average molecular weight is 356 g/mol. The number of benzene rings is 3. The lowest BCUT2D eigenvalue weighted by atomic mass is 10.0. The summed E-state index contributed by atoms with van der Waals surface area (Å²) in [5, 5.41) is 5.98. The Morgan fingerprint density at radius 1 is 0.926 bits per heavy atom. The molecule has 3 aromatic rings. The molecule has 0 radical (unpaired) electrons. The highest BCUT2D eigenvalue weighted by atomic mass is 16.5. The highest BCUT2D eigenvalue weighted by molar-refractivity contribution is 6.04. The van der Waals surface area contributed by atoms with Crippen molar-refractivity contribution in [3.05, 3.63) is 101 Å². The lowest BCUT2D eigenvalue weighted by molar-refractivity contribution is -0.121. The van der Waals surface area contributed by atoms with Gasteiger partial charge in [0, 0.05) is 5.56 Å². The maximum Gasteiger partial charge on any atom is 0.285 e. The van der Waals surface area contributed by atoms with E-state index in [1.165, 1.54) is 10.6 Å². The number of hydrogen-bond donors (Lipinski definition) is 0. The smallest absolute Gasteiger partial charge is 0.285 e. The molecule has 1 aliphatic heterocycles. The van der Waals surface area contributed by atoms with Crippen molar-refractivity contribution in [3.63, 3.8) is 0 Å². The van der Waals surface area contributed by atoms with Crippen LogP contribution >= 0.6 is 0 Å². The van der Waals surface area contributed by atoms with Crippen molar-refractivity contribution < 1.29 is 9.53 Å². The lowest BCUT2D eigenvalue weighted by Gasteiger charge is -2.25. The summed E-state index contributed by atoms with van der Waals surface area (Å²) in [5.74, 6) is 0.287. The summed E-state index contributed by atoms with van der Waals surface area (Å²) in [7, 11) is 0. The van der Waals surface area contributed by atoms with Gasteiger partial charge in [-0.2, -0.15) is 5.01 Å². The third kappa shape index (κ3) is 3.75. The number of carbonyl (C=O) groups excluding carboxylic acids is 1. The Labute approximate surface area is 158 Å². The minimum Gasteiger partial charge on any atom is -0.466 e. The zero-order chi connectivity index (χ0) is 18.6. The number of nitrogens with zero attached hydrogens (tertiary/aromatic N) is 2. The first-order chi connectivity index (χ1) is 13.2. The van der Waals surface area contributed by atoms with Crippen LogP contribution in [0.1, 0.15) is 22.3 Å². The number of amides is 1. The molecule has 4 nitrogen and oxygen atoms in total. The highest BCUT2D eigenvalue weighted by Gasteiger charge is 2.25. The molecule has 4 rings (SSSR count). The molecule has 0 atom stereocenters. The van der Waals surface area contributed by atoms with Gasteiger partial charge in [-0.3, -0.25) is 4.79 Å². The van der Waals surface area contributed by atoms with E-state index in [4.69, 9.17) is 4.74 Å². The summed E-state index contributed by atoms with van der Waals surface area (Å²) in [6.45, 7) is 2.01. The van der Waals surface area contributed by atoms with Crippen LogP contribution in [-0.4, -0.2) is 18.4 Å². The number of aryl methyl sites for hydroxylation is 1. The van der Waals surface area contributed by atoms with Crippen LogP contribution in [0.4, 0.5) is 5.69 Å². The molecule has 4 heteroatoms. The summed E-state index contributed by atoms with van der Waals surface area (Å²) in [5.41, 5.74) is 5.05. The molecular weight excluding hydrogens is 336 g/mol. The fourth-order valence-electron chi connectivity index (χ4n) is 3.07. The first-order valence-corrected chi connectivity index (χ1v) is 8.94. The van der Waals surface area contributed by atoms with Crippen LogP contribution in [0.15, 0.2) is 84.0 Å². The maximum atomic E-state index is 12.5. The van der Waals surface area contributed by atoms with Gasteiger partial charge >= 0.3 is 0 Å². The zero-order valence-electron chi connectivity index (χ0n) is 15.1. The largest absolute Gasteiger partial charge is 0.466 e. The van der Waals surface area contributed by atoms with E-state index in [0.717, 1.165) is 28.8 Å². The fraction of sp³-hybridized carbons (Fsp3) is 0.130. The van der Waals surface area contributed by atoms with Gasteiger partial charge in [0.2, 0.25) is 5.90 Å². The second-order valence-electron chi connectivity index (χ2n) is 6.56. The van der Waals surface area contributed by atoms with Crippen molar-refractivity contribution in [2.24, 2.45) is 5.10 Å². The molecule has 1 heterocycles. The van der Waals surface area contributed by atoms with Crippen molar-refractivity contribution in [1.82, 2.24) is 0 Å². The fourth-order valence-corrected chi connectivity index (χ4v) is 3.07. The Hall–Kier alpha value is -3.40. The molecule has 0 aliphatic carbocycles. The molecule has 0 N–H and O–H groups in total. The molecule has 27 heavy (non-hydrogen) atoms. The molecule has 0 saturated heterocycles. The molecule has 1 amide bonds. The summed E-state index contributed by atoms with van der Waals surface area (Å²) < 4.78 is 5.58. The Morgan fingerprint density at radius 3 is 2.41 bits per heavy atom. The second kappa shape index (κ2) is 7.46. The van der Waals surface area contributed by atoms with Crippen molar-refractivity contribution >= 4 is 17.5 Å². The van der Waals surface area contributed by atoms with E-state index in [2.05, 4.69) is 17.2 Å². The Balaban J connectivity index is 1.70. The molecule has 0 saturated carbocycles. The normalized spacial score (nSPS) is 13.9. The van der Waals surface area contributed by atoms with Gasteiger partial charge in [-0.05, 0) is 42.7 Å². The molecule has 0 unspecified atom stereocenters. The van der Waals surface area contributed by atoms with Gasteiger partial charge in [0.15, 0.2) is 6.61 Å². The van der Waals surface area contributed by atoms with Crippen molar-refractivity contribution in [1.29, 1.82) is 0 Å². The quantitative estimate of drug-likeness (QED) is 0.699. The van der Waals surface area contributed by atoms with Crippen LogP contribution < -0.4 is 5.01 Å². The molecular formula is C23H20N2O2. The second-order valence-corrected chi connectivity index (χ2v) is 6.56. The van der Waals surface area contributed by atoms with E-state index in [-0.39, 0.29) is 12.5 Å². The minimum absolute atomic E-state index is 0.0214. The van der Waals surface area contributed by atoms with Crippen molar-refractivity contribution in [2.45, 2.75) is 13.3 Å². The Morgan fingerprint density at radius 2 is 1.63 bits per heavy atom. The van der Waals surface area contributed by atoms with E-state index in [9.17, 15) is 4.79 Å². The predicted octanol–water partition coefficient (Wildman–Crippen LogP) is 4.31. The number of hydrazone groups is 1. The molecule has 0 bridgehead atoms. The van der Waals surface area contributed by atoms with Crippen LogP contribution in [0.3, 0.4) is 0 Å². The van der Waals surface area contributed by atoms with Crippen molar-refractivity contribution in [2.75, 3.05) is 11.6 Å². The molecule has 0 spiro atoms. The van der Waals surface area contributed by atoms with Crippen LogP contribution in [0.25, 0.3) is 0 Å². The molecule has 3 aromatic carbocycles. The number of carbonyl (C=O) groups is 1. The van der Waals surface area contributed by atoms with Gasteiger partial charge in [-0.1, -0.05) is 66.2 Å². The number of rotatable bonds is 4. The average Bonchev–Trinajstić information content (AvgIpc) is 2.70. The number of hydrogen-bond acceptors (Lipinski definition) is 3. The lowest BCUT2D eigenvalue weighted by Crippen LogP contribution is -2.37. The predicted molar refractivity (Wildman–Crippen MR) is 107 cm³/mol. The molecule has 1 aliphatic rings. The molecule has 0 fully saturated rings. The van der Waals surface area contributed by atoms with E-state index >= 15 is 0 Å². The zero-order valence-corrected chi connectivity index (χ0v) is 15.1. The van der Waals surface area contributed by atoms with E-state index in [1.807, 2.05) is 73.7 Å². The number of para-hydroxylation sites is 1. The Kier molecular flexibility index (Phi) is 4.71. The minimum atomic E-state index is -0.175. The van der Waals surface area contributed by atoms with Gasteiger partial charge < -0.3 is 4.74 Å². The maximum absolute atomic E-state index is 12.5. The number of anilines is 1. The SMILES string of the molecule is Cc1ccc(C2=NN(c3ccccc3Cc3ccccc3)C(=O)CO2)cc1. The van der Waals surface area contributed by atoms with Crippen molar-refractivity contribution in [3.8, 4) is 0 Å². The third-order valence-corrected chi connectivity index (χ3v) is 4.52. The van der Waals surface area contributed by atoms with Crippen LogP contribution in [-0.2, 0) is 16.0 Å². The van der Waals surface area contributed by atoms with E-state index in [0.29, 0.717) is 5.90 Å². The van der Waals surface area contributed by atoms with Crippen LogP contribution in [0.5, 0.6) is 0 Å². The summed E-state index contributed by atoms with van der Waals surface area (Å²) in [6.07, 6.45) is 0.733. The topological polar surface area (TPSA) is 41.9 Å². The van der Waals surface area contributed by atoms with E-state index < -0.39 is 0 Å². The highest BCUT2D eigenvalue weighted by Crippen LogP contribution is 2.26. The summed E-state index contributed by atoms with van der Waals surface area (Å²) in [6, 6.07) is 26.0. The Bertz CT molecular complexity index is 979. The van der Waals surface area contributed by atoms with Gasteiger partial charge in [0.05, 0.1) is 5.69 Å². The number of ether oxygens (including phenoxy) is 1. The van der Waals surface area contributed by atoms with Crippen LogP contribution in [0, 0.1) is 6.92 Å². The third-order valence-electron chi connectivity index (χ3n) is 4.52. The van der Waals surface area contributed by atoms with Gasteiger partial charge in [0.1, 0.15) is 0 Å². The monoisotopic (exact) mass is 356 g/mol. The molecule has 0 aromatic heterocycles. The van der Waals surface area contributed by atoms with Crippen LogP contribution in [0.2, 0.25) is 0 Å². The summed E-state index contributed by atoms with van der Waals surface area (Å²) in [4.78, 5) is 12.5. The van der Waals surface area contributed by atoms with Gasteiger partial charge in [-0.25, -0.2) is 0 Å². The van der Waals surface area contributed by atoms with Gasteiger partial charge in [0.25, 0.3) is 5.91 Å². The standard InChI is InChI=1S/C23H20N2O2/c1-17-11-13-19(14-12-17)23-24-25(22(26)16-27-23)21-10-6-5-9-20(21)15-18-7-3-2-4-8-18/h2-14H,15-16H2,1H3.